The summed E-state index contributed by atoms with van der Waals surface area (Å²) in [7, 11) is 1.58. The lowest BCUT2D eigenvalue weighted by Crippen LogP contribution is -2.14. The van der Waals surface area contributed by atoms with Crippen molar-refractivity contribution in [3.8, 4) is 17.2 Å². The molecule has 0 fully saturated rings. The van der Waals surface area contributed by atoms with Gasteiger partial charge in [-0.05, 0) is 35.9 Å². The second-order valence-corrected chi connectivity index (χ2v) is 4.92. The summed E-state index contributed by atoms with van der Waals surface area (Å²) in [5, 5.41) is 3.92. The van der Waals surface area contributed by atoms with Crippen LogP contribution in [0.2, 0.25) is 0 Å². The fourth-order valence-corrected chi connectivity index (χ4v) is 2.16. The molecule has 0 aliphatic carbocycles. The minimum absolute atomic E-state index is 0.223. The van der Waals surface area contributed by atoms with E-state index in [0.717, 1.165) is 11.1 Å². The number of hydrazone groups is 1. The molecule has 0 aromatic heterocycles. The predicted octanol–water partition coefficient (Wildman–Crippen LogP) is 2.59. The minimum atomic E-state index is -0.334. The molecule has 2 aromatic carbocycles. The molecule has 1 amide bonds. The van der Waals surface area contributed by atoms with Gasteiger partial charge in [-0.15, -0.1) is 0 Å². The molecule has 1 aliphatic heterocycles. The first-order chi connectivity index (χ1) is 11.8. The average molecular weight is 324 g/mol. The smallest absolute Gasteiger partial charge is 0.264 e. The third kappa shape index (κ3) is 3.73. The first-order valence-electron chi connectivity index (χ1n) is 7.30. The Morgan fingerprint density at radius 2 is 2.04 bits per heavy atom. The van der Waals surface area contributed by atoms with Crippen LogP contribution in [0.15, 0.2) is 53.6 Å². The third-order valence-corrected chi connectivity index (χ3v) is 3.34. The van der Waals surface area contributed by atoms with Crippen LogP contribution >= 0.6 is 0 Å². The van der Waals surface area contributed by atoms with Crippen molar-refractivity contribution in [2.75, 3.05) is 13.9 Å². The van der Waals surface area contributed by atoms with Crippen molar-refractivity contribution in [3.05, 3.63) is 59.7 Å². The van der Waals surface area contributed by atoms with Crippen LogP contribution in [0.4, 0.5) is 0 Å². The molecule has 0 radical (unpaired) electrons. The van der Waals surface area contributed by atoms with E-state index in [1.54, 1.807) is 19.3 Å². The molecule has 1 heterocycles. The zero-order valence-corrected chi connectivity index (χ0v) is 13.1. The van der Waals surface area contributed by atoms with Crippen LogP contribution in [-0.4, -0.2) is 26.0 Å². The van der Waals surface area contributed by atoms with Gasteiger partial charge in [0.2, 0.25) is 6.79 Å². The first kappa shape index (κ1) is 15.6. The highest BCUT2D eigenvalue weighted by atomic mass is 16.7. The lowest BCUT2D eigenvalue weighted by molar-refractivity contribution is -0.116. The number of ether oxygens (including phenoxy) is 3. The molecule has 0 bridgehead atoms. The van der Waals surface area contributed by atoms with Gasteiger partial charge in [0.15, 0.2) is 11.5 Å². The molecule has 1 aliphatic rings. The molecular formula is C18H16N2O4. The summed E-state index contributed by atoms with van der Waals surface area (Å²) in [4.78, 5) is 11.8. The largest absolute Gasteiger partial charge is 0.496 e. The van der Waals surface area contributed by atoms with Gasteiger partial charge < -0.3 is 14.2 Å². The molecule has 122 valence electrons. The predicted molar refractivity (Wildman–Crippen MR) is 90.3 cm³/mol. The molecule has 0 spiro atoms. The maximum absolute atomic E-state index is 11.8. The SMILES string of the molecule is COc1ccccc1/C=N/NC(=O)/C=C/c1ccc2c(c1)OCO2. The van der Waals surface area contributed by atoms with Gasteiger partial charge in [0, 0.05) is 11.6 Å². The monoisotopic (exact) mass is 324 g/mol. The Morgan fingerprint density at radius 1 is 1.21 bits per heavy atom. The van der Waals surface area contributed by atoms with E-state index >= 15 is 0 Å². The van der Waals surface area contributed by atoms with Crippen LogP contribution in [0.3, 0.4) is 0 Å². The first-order valence-corrected chi connectivity index (χ1v) is 7.30. The van der Waals surface area contributed by atoms with E-state index < -0.39 is 0 Å². The second kappa shape index (κ2) is 7.32. The number of fused-ring (bicyclic) bond motifs is 1. The van der Waals surface area contributed by atoms with Crippen molar-refractivity contribution in [1.29, 1.82) is 0 Å². The highest BCUT2D eigenvalue weighted by Crippen LogP contribution is 2.32. The van der Waals surface area contributed by atoms with Crippen molar-refractivity contribution in [2.24, 2.45) is 5.10 Å². The van der Waals surface area contributed by atoms with E-state index in [4.69, 9.17) is 14.2 Å². The van der Waals surface area contributed by atoms with E-state index in [9.17, 15) is 4.79 Å². The molecule has 0 saturated heterocycles. The zero-order chi connectivity index (χ0) is 16.8. The summed E-state index contributed by atoms with van der Waals surface area (Å²) in [6.45, 7) is 0.223. The molecular weight excluding hydrogens is 308 g/mol. The van der Waals surface area contributed by atoms with E-state index in [-0.39, 0.29) is 12.7 Å². The average Bonchev–Trinajstić information content (AvgIpc) is 3.08. The van der Waals surface area contributed by atoms with E-state index in [2.05, 4.69) is 10.5 Å². The quantitative estimate of drug-likeness (QED) is 0.521. The fraction of sp³-hybridized carbons (Fsp3) is 0.111. The summed E-state index contributed by atoms with van der Waals surface area (Å²) in [5.74, 6) is 1.73. The summed E-state index contributed by atoms with van der Waals surface area (Å²) in [5.41, 5.74) is 4.05. The van der Waals surface area contributed by atoms with Gasteiger partial charge in [-0.3, -0.25) is 4.79 Å². The summed E-state index contributed by atoms with van der Waals surface area (Å²) in [6, 6.07) is 12.9. The molecule has 0 atom stereocenters. The fourth-order valence-electron chi connectivity index (χ4n) is 2.16. The minimum Gasteiger partial charge on any atom is -0.496 e. The number of nitrogens with zero attached hydrogens (tertiary/aromatic N) is 1. The summed E-state index contributed by atoms with van der Waals surface area (Å²) < 4.78 is 15.7. The normalized spacial score (nSPS) is 12.7. The summed E-state index contributed by atoms with van der Waals surface area (Å²) >= 11 is 0. The van der Waals surface area contributed by atoms with E-state index in [0.29, 0.717) is 17.2 Å². The van der Waals surface area contributed by atoms with Crippen molar-refractivity contribution in [3.63, 3.8) is 0 Å². The van der Waals surface area contributed by atoms with Crippen LogP contribution in [0, 0.1) is 0 Å². The molecule has 24 heavy (non-hydrogen) atoms. The van der Waals surface area contributed by atoms with Crippen molar-refractivity contribution in [2.45, 2.75) is 0 Å². The standard InChI is InChI=1S/C18H16N2O4/c1-22-15-5-3-2-4-14(15)11-19-20-18(21)9-7-13-6-8-16-17(10-13)24-12-23-16/h2-11H,12H2,1H3,(H,20,21)/b9-7+,19-11+. The number of hydrogen-bond acceptors (Lipinski definition) is 5. The topological polar surface area (TPSA) is 69.2 Å². The number of nitrogens with one attached hydrogen (secondary N) is 1. The number of carbonyl (C=O) groups is 1. The van der Waals surface area contributed by atoms with Gasteiger partial charge in [0.25, 0.3) is 5.91 Å². The van der Waals surface area contributed by atoms with E-state index in [1.807, 2.05) is 36.4 Å². The number of benzene rings is 2. The molecule has 2 aromatic rings. The maximum Gasteiger partial charge on any atom is 0.264 e. The van der Waals surface area contributed by atoms with Gasteiger partial charge in [0.05, 0.1) is 13.3 Å². The Hall–Kier alpha value is -3.28. The van der Waals surface area contributed by atoms with Gasteiger partial charge >= 0.3 is 0 Å². The highest BCUT2D eigenvalue weighted by molar-refractivity contribution is 5.93. The number of methoxy groups -OCH3 is 1. The number of carbonyl (C=O) groups excluding carboxylic acids is 1. The van der Waals surface area contributed by atoms with Crippen molar-refractivity contribution in [1.82, 2.24) is 5.43 Å². The van der Waals surface area contributed by atoms with E-state index in [1.165, 1.54) is 12.3 Å². The van der Waals surface area contributed by atoms with Gasteiger partial charge in [-0.25, -0.2) is 5.43 Å². The van der Waals surface area contributed by atoms with Gasteiger partial charge in [-0.2, -0.15) is 5.10 Å². The van der Waals surface area contributed by atoms with Crippen molar-refractivity contribution >= 4 is 18.2 Å². The Balaban J connectivity index is 1.58. The van der Waals surface area contributed by atoms with Crippen LogP contribution < -0.4 is 19.6 Å². The molecule has 0 saturated carbocycles. The molecule has 6 nitrogen and oxygen atoms in total. The third-order valence-electron chi connectivity index (χ3n) is 3.34. The molecule has 1 N–H and O–H groups in total. The zero-order valence-electron chi connectivity index (χ0n) is 13.1. The van der Waals surface area contributed by atoms with Gasteiger partial charge in [0.1, 0.15) is 5.75 Å². The lowest BCUT2D eigenvalue weighted by atomic mass is 10.2. The number of rotatable bonds is 5. The van der Waals surface area contributed by atoms with Crippen LogP contribution in [0.1, 0.15) is 11.1 Å². The maximum atomic E-state index is 11.8. The van der Waals surface area contributed by atoms with Crippen molar-refractivity contribution < 1.29 is 19.0 Å². The number of hydrogen-bond donors (Lipinski definition) is 1. The van der Waals surface area contributed by atoms with Crippen LogP contribution in [-0.2, 0) is 4.79 Å². The molecule has 0 unspecified atom stereocenters. The Kier molecular flexibility index (Phi) is 4.76. The number of para-hydroxylation sites is 1. The Labute approximate surface area is 139 Å². The second-order valence-electron chi connectivity index (χ2n) is 4.92. The molecule has 6 heteroatoms. The lowest BCUT2D eigenvalue weighted by Gasteiger charge is -2.02. The Bertz CT molecular complexity index is 799. The van der Waals surface area contributed by atoms with Crippen LogP contribution in [0.5, 0.6) is 17.2 Å². The number of amides is 1. The van der Waals surface area contributed by atoms with Gasteiger partial charge in [-0.1, -0.05) is 18.2 Å². The molecule has 3 rings (SSSR count). The summed E-state index contributed by atoms with van der Waals surface area (Å²) in [6.07, 6.45) is 4.61. The Morgan fingerprint density at radius 3 is 2.92 bits per heavy atom. The van der Waals surface area contributed by atoms with Crippen LogP contribution in [0.25, 0.3) is 6.08 Å². The highest BCUT2D eigenvalue weighted by Gasteiger charge is 2.12.